The molecule has 1 aromatic carbocycles. The number of amides is 1. The van der Waals surface area contributed by atoms with Crippen LogP contribution in [0, 0.1) is 11.6 Å². The van der Waals surface area contributed by atoms with Crippen molar-refractivity contribution in [1.82, 2.24) is 10.0 Å². The predicted octanol–water partition coefficient (Wildman–Crippen LogP) is 0.768. The Morgan fingerprint density at radius 3 is 2.47 bits per heavy atom. The van der Waals surface area contributed by atoms with Gasteiger partial charge in [-0.15, -0.1) is 0 Å². The maximum Gasteiger partial charge on any atom is 0.241 e. The van der Waals surface area contributed by atoms with Gasteiger partial charge in [0.2, 0.25) is 15.9 Å². The maximum absolute atomic E-state index is 13.0. The molecule has 0 saturated carbocycles. The van der Waals surface area contributed by atoms with E-state index < -0.39 is 38.5 Å². The largest absolute Gasteiger partial charge is 0.355 e. The summed E-state index contributed by atoms with van der Waals surface area (Å²) in [4.78, 5) is 11.0. The molecule has 8 heteroatoms. The molecule has 0 unspecified atom stereocenters. The first-order chi connectivity index (χ1) is 8.77. The van der Waals surface area contributed by atoms with E-state index in [2.05, 4.69) is 10.0 Å². The topological polar surface area (TPSA) is 75.3 Å². The summed E-state index contributed by atoms with van der Waals surface area (Å²) >= 11 is 0. The molecule has 5 nitrogen and oxygen atoms in total. The molecule has 0 aromatic heterocycles. The average Bonchev–Trinajstić information content (AvgIpc) is 2.32. The Morgan fingerprint density at radius 1 is 1.32 bits per heavy atom. The third-order valence-corrected chi connectivity index (χ3v) is 3.82. The molecular formula is C11H14F2N2O3S. The Hall–Kier alpha value is -1.54. The molecule has 2 N–H and O–H groups in total. The molecule has 0 saturated heterocycles. The van der Waals surface area contributed by atoms with Gasteiger partial charge in [-0.2, -0.15) is 4.72 Å². The van der Waals surface area contributed by atoms with Gasteiger partial charge in [0, 0.05) is 6.54 Å². The summed E-state index contributed by atoms with van der Waals surface area (Å²) in [6.45, 7) is 3.40. The van der Waals surface area contributed by atoms with Crippen LogP contribution >= 0.6 is 0 Å². The Morgan fingerprint density at radius 2 is 1.95 bits per heavy atom. The minimum atomic E-state index is -4.08. The van der Waals surface area contributed by atoms with Crippen LogP contribution in [0.15, 0.2) is 23.1 Å². The third-order valence-electron chi connectivity index (χ3n) is 2.28. The molecule has 19 heavy (non-hydrogen) atoms. The fraction of sp³-hybridized carbons (Fsp3) is 0.364. The molecule has 106 valence electrons. The molecule has 1 aromatic rings. The fourth-order valence-electron chi connectivity index (χ4n) is 1.33. The van der Waals surface area contributed by atoms with E-state index >= 15 is 0 Å². The zero-order chi connectivity index (χ0) is 14.6. The fourth-order valence-corrected chi connectivity index (χ4v) is 2.54. The molecule has 0 bridgehead atoms. The van der Waals surface area contributed by atoms with Crippen LogP contribution in [-0.4, -0.2) is 26.9 Å². The van der Waals surface area contributed by atoms with Crippen LogP contribution in [0.2, 0.25) is 0 Å². The van der Waals surface area contributed by atoms with Gasteiger partial charge in [-0.3, -0.25) is 4.79 Å². The van der Waals surface area contributed by atoms with Crippen LogP contribution in [0.1, 0.15) is 13.8 Å². The molecule has 0 spiro atoms. The highest BCUT2D eigenvalue weighted by Gasteiger charge is 2.22. The third kappa shape index (κ3) is 3.97. The lowest BCUT2D eigenvalue weighted by Gasteiger charge is -2.13. The van der Waals surface area contributed by atoms with Crippen LogP contribution < -0.4 is 10.0 Å². The van der Waals surface area contributed by atoms with E-state index in [9.17, 15) is 22.0 Å². The second-order valence-corrected chi connectivity index (χ2v) is 5.53. The van der Waals surface area contributed by atoms with Crippen molar-refractivity contribution in [1.29, 1.82) is 0 Å². The predicted molar refractivity (Wildman–Crippen MR) is 64.8 cm³/mol. The van der Waals surface area contributed by atoms with E-state index in [1.807, 2.05) is 0 Å². The number of sulfonamides is 1. The molecule has 1 rings (SSSR count). The van der Waals surface area contributed by atoms with E-state index in [0.29, 0.717) is 18.7 Å². The van der Waals surface area contributed by atoms with Gasteiger partial charge >= 0.3 is 0 Å². The minimum absolute atomic E-state index is 0.357. The van der Waals surface area contributed by atoms with Gasteiger partial charge in [-0.25, -0.2) is 17.2 Å². The molecule has 0 aliphatic carbocycles. The summed E-state index contributed by atoms with van der Waals surface area (Å²) in [6.07, 6.45) is 0. The van der Waals surface area contributed by atoms with E-state index in [4.69, 9.17) is 0 Å². The number of carbonyl (C=O) groups excluding carboxylic acids is 1. The number of benzene rings is 1. The highest BCUT2D eigenvalue weighted by Crippen LogP contribution is 2.13. The average molecular weight is 292 g/mol. The van der Waals surface area contributed by atoms with Crippen molar-refractivity contribution in [2.24, 2.45) is 0 Å². The Bertz CT molecular complexity index is 575. The molecule has 0 aliphatic rings. The molecule has 1 amide bonds. The van der Waals surface area contributed by atoms with Crippen molar-refractivity contribution >= 4 is 15.9 Å². The van der Waals surface area contributed by atoms with E-state index in [-0.39, 0.29) is 0 Å². The van der Waals surface area contributed by atoms with E-state index in [1.54, 1.807) is 6.92 Å². The van der Waals surface area contributed by atoms with Gasteiger partial charge in [0.15, 0.2) is 11.6 Å². The summed E-state index contributed by atoms with van der Waals surface area (Å²) < 4.78 is 51.4. The van der Waals surface area contributed by atoms with Crippen LogP contribution in [0.4, 0.5) is 8.78 Å². The number of nitrogens with one attached hydrogen (secondary N) is 2. The van der Waals surface area contributed by atoms with E-state index in [0.717, 1.165) is 6.07 Å². The lowest BCUT2D eigenvalue weighted by Crippen LogP contribution is -2.44. The highest BCUT2D eigenvalue weighted by atomic mass is 32.2. The summed E-state index contributed by atoms with van der Waals surface area (Å²) in [5.74, 6) is -2.92. The highest BCUT2D eigenvalue weighted by molar-refractivity contribution is 7.89. The normalized spacial score (nSPS) is 13.1. The monoisotopic (exact) mass is 292 g/mol. The first-order valence-electron chi connectivity index (χ1n) is 5.53. The van der Waals surface area contributed by atoms with Crippen molar-refractivity contribution in [2.45, 2.75) is 24.8 Å². The van der Waals surface area contributed by atoms with Crippen molar-refractivity contribution in [3.63, 3.8) is 0 Å². The van der Waals surface area contributed by atoms with Gasteiger partial charge < -0.3 is 5.32 Å². The first kappa shape index (κ1) is 15.5. The number of rotatable bonds is 5. The van der Waals surface area contributed by atoms with Crippen molar-refractivity contribution < 1.29 is 22.0 Å². The summed E-state index contributed by atoms with van der Waals surface area (Å²) in [5.41, 5.74) is 0. The Kier molecular flexibility index (Phi) is 4.96. The zero-order valence-electron chi connectivity index (χ0n) is 10.4. The number of halogens is 2. The molecule has 0 heterocycles. The number of hydrogen-bond acceptors (Lipinski definition) is 3. The summed E-state index contributed by atoms with van der Waals surface area (Å²) in [6, 6.07) is 1.17. The zero-order valence-corrected chi connectivity index (χ0v) is 11.2. The lowest BCUT2D eigenvalue weighted by atomic mass is 10.3. The Balaban J connectivity index is 2.92. The van der Waals surface area contributed by atoms with Crippen LogP contribution in [-0.2, 0) is 14.8 Å². The van der Waals surface area contributed by atoms with Crippen molar-refractivity contribution in [3.8, 4) is 0 Å². The van der Waals surface area contributed by atoms with Gasteiger partial charge in [0.05, 0.1) is 10.9 Å². The number of likely N-dealkylation sites (N-methyl/N-ethyl adjacent to an activating group) is 1. The standard InChI is InChI=1S/C11H14F2N2O3S/c1-3-14-11(16)7(2)15-19(17,18)8-4-5-9(12)10(13)6-8/h4-7,15H,3H2,1-2H3,(H,14,16)/t7-/m0/s1. The molecule has 0 fully saturated rings. The SMILES string of the molecule is CCNC(=O)[C@H](C)NS(=O)(=O)c1ccc(F)c(F)c1. The second-order valence-electron chi connectivity index (χ2n) is 3.81. The van der Waals surface area contributed by atoms with Crippen molar-refractivity contribution in [2.75, 3.05) is 6.54 Å². The summed E-state index contributed by atoms with van der Waals surface area (Å²) in [7, 11) is -4.08. The Labute approximate surface area is 110 Å². The van der Waals surface area contributed by atoms with E-state index in [1.165, 1.54) is 6.92 Å². The lowest BCUT2D eigenvalue weighted by molar-refractivity contribution is -0.122. The number of carbonyl (C=O) groups is 1. The van der Waals surface area contributed by atoms with Gasteiger partial charge in [-0.1, -0.05) is 0 Å². The smallest absolute Gasteiger partial charge is 0.241 e. The van der Waals surface area contributed by atoms with Gasteiger partial charge in [0.1, 0.15) is 0 Å². The molecule has 0 aliphatic heterocycles. The van der Waals surface area contributed by atoms with Gasteiger partial charge in [0.25, 0.3) is 0 Å². The van der Waals surface area contributed by atoms with Gasteiger partial charge in [-0.05, 0) is 32.0 Å². The van der Waals surface area contributed by atoms with Crippen LogP contribution in [0.3, 0.4) is 0 Å². The van der Waals surface area contributed by atoms with Crippen LogP contribution in [0.5, 0.6) is 0 Å². The minimum Gasteiger partial charge on any atom is -0.355 e. The quantitative estimate of drug-likeness (QED) is 0.841. The molecule has 0 radical (unpaired) electrons. The second kappa shape index (κ2) is 6.07. The van der Waals surface area contributed by atoms with Crippen LogP contribution in [0.25, 0.3) is 0 Å². The number of hydrogen-bond donors (Lipinski definition) is 2. The molecule has 1 atom stereocenters. The van der Waals surface area contributed by atoms with Crippen molar-refractivity contribution in [3.05, 3.63) is 29.8 Å². The first-order valence-corrected chi connectivity index (χ1v) is 7.01. The summed E-state index contributed by atoms with van der Waals surface area (Å²) in [5, 5.41) is 2.44. The molecular weight excluding hydrogens is 278 g/mol. The maximum atomic E-state index is 13.0.